The summed E-state index contributed by atoms with van der Waals surface area (Å²) in [5.41, 5.74) is 1.53. The lowest BCUT2D eigenvalue weighted by atomic mass is 10.0. The third kappa shape index (κ3) is 1.68. The highest BCUT2D eigenvalue weighted by molar-refractivity contribution is 6.31. The minimum atomic E-state index is -0.0978. The van der Waals surface area contributed by atoms with Crippen molar-refractivity contribution in [2.24, 2.45) is 0 Å². The van der Waals surface area contributed by atoms with E-state index in [1.807, 2.05) is 6.07 Å². The fourth-order valence-electron chi connectivity index (χ4n) is 1.35. The molecule has 2 N–H and O–H groups in total. The second-order valence-corrected chi connectivity index (χ2v) is 3.53. The number of aliphatic hydroxyl groups is 1. The van der Waals surface area contributed by atoms with Crippen molar-refractivity contribution >= 4 is 11.6 Å². The van der Waals surface area contributed by atoms with Crippen LogP contribution in [-0.4, -0.2) is 16.6 Å². The Kier molecular flexibility index (Phi) is 2.49. The molecular formula is C9H11ClN2O. The molecule has 0 amide bonds. The molecule has 13 heavy (non-hydrogen) atoms. The molecule has 1 aliphatic rings. The number of nitrogens with one attached hydrogen (secondary N) is 1. The quantitative estimate of drug-likeness (QED) is 0.752. The first-order valence-corrected chi connectivity index (χ1v) is 4.68. The van der Waals surface area contributed by atoms with Crippen molar-refractivity contribution in [3.8, 4) is 0 Å². The number of hydrogen-bond donors (Lipinski definition) is 2. The predicted molar refractivity (Wildman–Crippen MR) is 50.5 cm³/mol. The standard InChI is InChI=1S/C9H11ClN2O/c10-6-1-2-8(7-3-4-11-7)12-9(6)5-13/h1-2,7,11,13H,3-5H2. The van der Waals surface area contributed by atoms with Gasteiger partial charge < -0.3 is 10.4 Å². The average Bonchev–Trinajstić information content (AvgIpc) is 2.05. The van der Waals surface area contributed by atoms with E-state index >= 15 is 0 Å². The Morgan fingerprint density at radius 1 is 1.62 bits per heavy atom. The van der Waals surface area contributed by atoms with Crippen LogP contribution in [-0.2, 0) is 6.61 Å². The van der Waals surface area contributed by atoms with Gasteiger partial charge in [-0.1, -0.05) is 11.6 Å². The third-order valence-corrected chi connectivity index (χ3v) is 2.61. The van der Waals surface area contributed by atoms with E-state index in [0.29, 0.717) is 16.8 Å². The molecule has 0 aliphatic carbocycles. The Labute approximate surface area is 81.8 Å². The summed E-state index contributed by atoms with van der Waals surface area (Å²) >= 11 is 5.82. The van der Waals surface area contributed by atoms with Gasteiger partial charge in [-0.05, 0) is 25.1 Å². The van der Waals surface area contributed by atoms with Crippen LogP contribution in [0, 0.1) is 0 Å². The maximum atomic E-state index is 8.95. The number of halogens is 1. The molecule has 1 fully saturated rings. The number of rotatable bonds is 2. The molecule has 0 saturated carbocycles. The van der Waals surface area contributed by atoms with Crippen LogP contribution in [0.5, 0.6) is 0 Å². The highest BCUT2D eigenvalue weighted by Crippen LogP contribution is 2.23. The van der Waals surface area contributed by atoms with Crippen molar-refractivity contribution in [3.05, 3.63) is 28.5 Å². The highest BCUT2D eigenvalue weighted by atomic mass is 35.5. The molecule has 70 valence electrons. The molecule has 3 nitrogen and oxygen atoms in total. The van der Waals surface area contributed by atoms with Crippen LogP contribution in [0.1, 0.15) is 23.9 Å². The Morgan fingerprint density at radius 2 is 2.38 bits per heavy atom. The summed E-state index contributed by atoms with van der Waals surface area (Å²) < 4.78 is 0. The maximum Gasteiger partial charge on any atom is 0.0868 e. The van der Waals surface area contributed by atoms with E-state index in [1.165, 1.54) is 0 Å². The van der Waals surface area contributed by atoms with E-state index in [-0.39, 0.29) is 6.61 Å². The first-order valence-electron chi connectivity index (χ1n) is 4.31. The number of nitrogens with zero attached hydrogens (tertiary/aromatic N) is 1. The molecule has 1 aliphatic heterocycles. The minimum Gasteiger partial charge on any atom is -0.390 e. The van der Waals surface area contributed by atoms with Crippen molar-refractivity contribution in [3.63, 3.8) is 0 Å². The fourth-order valence-corrected chi connectivity index (χ4v) is 1.51. The normalized spacial score (nSPS) is 21.2. The van der Waals surface area contributed by atoms with E-state index in [4.69, 9.17) is 16.7 Å². The second-order valence-electron chi connectivity index (χ2n) is 3.12. The van der Waals surface area contributed by atoms with Gasteiger partial charge in [-0.15, -0.1) is 0 Å². The van der Waals surface area contributed by atoms with E-state index < -0.39 is 0 Å². The molecule has 1 aromatic heterocycles. The summed E-state index contributed by atoms with van der Waals surface area (Å²) in [6.45, 7) is 0.947. The molecule has 0 aromatic carbocycles. The van der Waals surface area contributed by atoms with Crippen LogP contribution in [0.2, 0.25) is 5.02 Å². The molecule has 1 atom stereocenters. The fraction of sp³-hybridized carbons (Fsp3) is 0.444. The van der Waals surface area contributed by atoms with Gasteiger partial charge in [0.15, 0.2) is 0 Å². The van der Waals surface area contributed by atoms with Crippen LogP contribution in [0.25, 0.3) is 0 Å². The van der Waals surface area contributed by atoms with E-state index in [2.05, 4.69) is 10.3 Å². The highest BCUT2D eigenvalue weighted by Gasteiger charge is 2.20. The molecule has 0 spiro atoms. The summed E-state index contributed by atoms with van der Waals surface area (Å²) in [6.07, 6.45) is 1.11. The number of pyridine rings is 1. The van der Waals surface area contributed by atoms with Gasteiger partial charge in [0.1, 0.15) is 0 Å². The topological polar surface area (TPSA) is 45.2 Å². The van der Waals surface area contributed by atoms with Gasteiger partial charge >= 0.3 is 0 Å². The lowest BCUT2D eigenvalue weighted by Gasteiger charge is -2.27. The Bertz CT molecular complexity index is 312. The largest absolute Gasteiger partial charge is 0.390 e. The average molecular weight is 199 g/mol. The summed E-state index contributed by atoms with van der Waals surface area (Å²) in [4.78, 5) is 4.27. The molecule has 2 rings (SSSR count). The van der Waals surface area contributed by atoms with Crippen LogP contribution >= 0.6 is 11.6 Å². The zero-order valence-electron chi connectivity index (χ0n) is 7.13. The molecule has 0 radical (unpaired) electrons. The second kappa shape index (κ2) is 3.62. The Hall–Kier alpha value is -0.640. The molecule has 1 aromatic rings. The Morgan fingerprint density at radius 3 is 2.92 bits per heavy atom. The van der Waals surface area contributed by atoms with Gasteiger partial charge in [-0.3, -0.25) is 4.98 Å². The van der Waals surface area contributed by atoms with Gasteiger partial charge in [0, 0.05) is 0 Å². The monoisotopic (exact) mass is 198 g/mol. The zero-order valence-corrected chi connectivity index (χ0v) is 7.88. The SMILES string of the molecule is OCc1nc(C2CCN2)ccc1Cl. The summed E-state index contributed by atoms with van der Waals surface area (Å²) in [5.74, 6) is 0. The van der Waals surface area contributed by atoms with Crippen LogP contribution < -0.4 is 5.32 Å². The van der Waals surface area contributed by atoms with Crippen molar-refractivity contribution < 1.29 is 5.11 Å². The van der Waals surface area contributed by atoms with Crippen molar-refractivity contribution in [2.45, 2.75) is 19.1 Å². The van der Waals surface area contributed by atoms with Gasteiger partial charge in [0.05, 0.1) is 29.1 Å². The van der Waals surface area contributed by atoms with E-state index in [9.17, 15) is 0 Å². The van der Waals surface area contributed by atoms with E-state index in [1.54, 1.807) is 6.07 Å². The van der Waals surface area contributed by atoms with Crippen molar-refractivity contribution in [1.82, 2.24) is 10.3 Å². The molecule has 0 bridgehead atoms. The van der Waals surface area contributed by atoms with Crippen LogP contribution in [0.4, 0.5) is 0 Å². The van der Waals surface area contributed by atoms with Crippen LogP contribution in [0.3, 0.4) is 0 Å². The van der Waals surface area contributed by atoms with Gasteiger partial charge in [0.25, 0.3) is 0 Å². The van der Waals surface area contributed by atoms with E-state index in [0.717, 1.165) is 18.7 Å². The summed E-state index contributed by atoms with van der Waals surface area (Å²) in [7, 11) is 0. The lowest BCUT2D eigenvalue weighted by molar-refractivity contribution is 0.275. The summed E-state index contributed by atoms with van der Waals surface area (Å²) in [6, 6.07) is 4.04. The maximum absolute atomic E-state index is 8.95. The molecule has 1 unspecified atom stereocenters. The number of aromatic nitrogens is 1. The van der Waals surface area contributed by atoms with Gasteiger partial charge in [-0.2, -0.15) is 0 Å². The van der Waals surface area contributed by atoms with Crippen molar-refractivity contribution in [1.29, 1.82) is 0 Å². The first-order chi connectivity index (χ1) is 6.31. The van der Waals surface area contributed by atoms with Crippen LogP contribution in [0.15, 0.2) is 12.1 Å². The van der Waals surface area contributed by atoms with Gasteiger partial charge in [0.2, 0.25) is 0 Å². The molecule has 1 saturated heterocycles. The van der Waals surface area contributed by atoms with Crippen molar-refractivity contribution in [2.75, 3.05) is 6.54 Å². The molecular weight excluding hydrogens is 188 g/mol. The predicted octanol–water partition coefficient (Wildman–Crippen LogP) is 1.26. The third-order valence-electron chi connectivity index (χ3n) is 2.27. The molecule has 4 heteroatoms. The number of hydrogen-bond acceptors (Lipinski definition) is 3. The minimum absolute atomic E-state index is 0.0978. The number of aliphatic hydroxyl groups excluding tert-OH is 1. The smallest absolute Gasteiger partial charge is 0.0868 e. The lowest BCUT2D eigenvalue weighted by Crippen LogP contribution is -2.35. The van der Waals surface area contributed by atoms with Gasteiger partial charge in [-0.25, -0.2) is 0 Å². The zero-order chi connectivity index (χ0) is 9.26. The summed E-state index contributed by atoms with van der Waals surface area (Å²) in [5, 5.41) is 12.7. The Balaban J connectivity index is 2.26. The first kappa shape index (κ1) is 8.94. The molecule has 2 heterocycles.